The van der Waals surface area contributed by atoms with Crippen molar-refractivity contribution in [3.05, 3.63) is 77.1 Å². The Morgan fingerprint density at radius 3 is 3.00 bits per heavy atom. The van der Waals surface area contributed by atoms with Crippen LogP contribution in [-0.4, -0.2) is 39.5 Å². The molecule has 0 amide bonds. The maximum atomic E-state index is 13.6. The molecule has 29 heavy (non-hydrogen) atoms. The molecule has 3 aromatic rings. The number of hydrogen-bond donors (Lipinski definition) is 0. The third-order valence-corrected chi connectivity index (χ3v) is 5.71. The van der Waals surface area contributed by atoms with Gasteiger partial charge in [0.1, 0.15) is 18.2 Å². The van der Waals surface area contributed by atoms with Gasteiger partial charge in [-0.3, -0.25) is 9.88 Å². The molecule has 4 heterocycles. The van der Waals surface area contributed by atoms with E-state index in [9.17, 15) is 4.39 Å². The van der Waals surface area contributed by atoms with Gasteiger partial charge in [0.2, 0.25) is 0 Å². The van der Waals surface area contributed by atoms with Crippen LogP contribution < -0.4 is 4.74 Å². The summed E-state index contributed by atoms with van der Waals surface area (Å²) in [7, 11) is 0. The number of benzene rings is 1. The lowest BCUT2D eigenvalue weighted by atomic mass is 10.0. The molecule has 0 atom stereocenters. The molecule has 5 nitrogen and oxygen atoms in total. The Labute approximate surface area is 172 Å². The largest absolute Gasteiger partial charge is 0.488 e. The molecule has 7 heteroatoms. The summed E-state index contributed by atoms with van der Waals surface area (Å²) >= 11 is 6.57. The van der Waals surface area contributed by atoms with E-state index in [4.69, 9.17) is 21.3 Å². The van der Waals surface area contributed by atoms with Crippen molar-refractivity contribution >= 4 is 16.6 Å². The number of aromatic nitrogens is 3. The maximum Gasteiger partial charge on any atom is 0.160 e. The van der Waals surface area contributed by atoms with Crippen LogP contribution in [0.15, 0.2) is 54.5 Å². The molecule has 0 saturated heterocycles. The van der Waals surface area contributed by atoms with Crippen LogP contribution in [0.2, 0.25) is 0 Å². The quantitative estimate of drug-likeness (QED) is 0.653. The molecule has 0 radical (unpaired) electrons. The molecule has 5 rings (SSSR count). The molecule has 0 spiro atoms. The first-order valence-electron chi connectivity index (χ1n) is 9.45. The Bertz CT molecular complexity index is 1100. The zero-order valence-electron chi connectivity index (χ0n) is 15.6. The van der Waals surface area contributed by atoms with Gasteiger partial charge in [0.25, 0.3) is 0 Å². The minimum atomic E-state index is -0.319. The van der Waals surface area contributed by atoms with Gasteiger partial charge < -0.3 is 4.74 Å². The number of pyridine rings is 1. The molecule has 1 aromatic carbocycles. The second kappa shape index (κ2) is 7.54. The van der Waals surface area contributed by atoms with Crippen LogP contribution in [0.3, 0.4) is 0 Å². The minimum absolute atomic E-state index is 0.319. The molecule has 2 aromatic heterocycles. The van der Waals surface area contributed by atoms with E-state index in [1.54, 1.807) is 18.5 Å². The van der Waals surface area contributed by atoms with Gasteiger partial charge in [-0.1, -0.05) is 11.6 Å². The Balaban J connectivity index is 1.35. The van der Waals surface area contributed by atoms with E-state index in [0.717, 1.165) is 41.9 Å². The molecule has 0 unspecified atom stereocenters. The molecule has 0 fully saturated rings. The fourth-order valence-corrected chi connectivity index (χ4v) is 4.01. The average molecular weight is 409 g/mol. The first kappa shape index (κ1) is 18.2. The van der Waals surface area contributed by atoms with Crippen molar-refractivity contribution < 1.29 is 9.13 Å². The summed E-state index contributed by atoms with van der Waals surface area (Å²) in [4.78, 5) is 15.7. The van der Waals surface area contributed by atoms with Crippen molar-refractivity contribution in [2.45, 2.75) is 13.0 Å². The Morgan fingerprint density at radius 2 is 2.14 bits per heavy atom. The smallest absolute Gasteiger partial charge is 0.160 e. The lowest BCUT2D eigenvalue weighted by molar-refractivity contribution is 0.254. The predicted octanol–water partition coefficient (Wildman–Crippen LogP) is 4.08. The van der Waals surface area contributed by atoms with E-state index in [-0.39, 0.29) is 5.82 Å². The topological polar surface area (TPSA) is 51.1 Å². The van der Waals surface area contributed by atoms with Crippen molar-refractivity contribution in [2.24, 2.45) is 0 Å². The molecular formula is C22H18ClFN4O. The van der Waals surface area contributed by atoms with Crippen molar-refractivity contribution in [3.8, 4) is 17.1 Å². The number of fused-ring (bicyclic) bond motifs is 2. The van der Waals surface area contributed by atoms with Gasteiger partial charge in [-0.2, -0.15) is 0 Å². The van der Waals surface area contributed by atoms with Gasteiger partial charge in [0.05, 0.1) is 10.7 Å². The van der Waals surface area contributed by atoms with E-state index in [1.165, 1.54) is 12.1 Å². The zero-order chi connectivity index (χ0) is 19.8. The number of nitrogens with zero attached hydrogens (tertiary/aromatic N) is 4. The highest BCUT2D eigenvalue weighted by Gasteiger charge is 2.24. The Kier molecular flexibility index (Phi) is 4.73. The SMILES string of the molecule is Fc1ccc2c(c1)C(Cl)=C(CN1CCc3nc(-c4cccnc4)ncc3C1)CO2. The normalized spacial score (nSPS) is 16.2. The highest BCUT2D eigenvalue weighted by Crippen LogP contribution is 2.36. The minimum Gasteiger partial charge on any atom is -0.488 e. The van der Waals surface area contributed by atoms with Crippen LogP contribution >= 0.6 is 11.6 Å². The van der Waals surface area contributed by atoms with Gasteiger partial charge >= 0.3 is 0 Å². The summed E-state index contributed by atoms with van der Waals surface area (Å²) in [6.07, 6.45) is 6.24. The highest BCUT2D eigenvalue weighted by molar-refractivity contribution is 6.49. The van der Waals surface area contributed by atoms with Crippen molar-refractivity contribution in [1.29, 1.82) is 0 Å². The van der Waals surface area contributed by atoms with Gasteiger partial charge in [-0.25, -0.2) is 14.4 Å². The van der Waals surface area contributed by atoms with Gasteiger partial charge in [0.15, 0.2) is 5.82 Å². The summed E-state index contributed by atoms with van der Waals surface area (Å²) in [6.45, 7) is 2.68. The van der Waals surface area contributed by atoms with E-state index in [1.807, 2.05) is 18.3 Å². The third kappa shape index (κ3) is 3.61. The zero-order valence-corrected chi connectivity index (χ0v) is 16.4. The molecule has 0 aliphatic carbocycles. The van der Waals surface area contributed by atoms with Crippen LogP contribution in [0, 0.1) is 5.82 Å². The standard InChI is InChI=1S/C22H18ClFN4O/c23-21-16(13-29-20-4-3-17(24)8-18(20)21)12-28-7-5-19-15(11-28)10-26-22(27-19)14-2-1-6-25-9-14/h1-4,6,8-10H,5,7,11-13H2. The number of ether oxygens (including phenoxy) is 1. The van der Waals surface area contributed by atoms with E-state index in [0.29, 0.717) is 35.3 Å². The summed E-state index contributed by atoms with van der Waals surface area (Å²) in [5, 5.41) is 0.583. The van der Waals surface area contributed by atoms with Crippen LogP contribution in [-0.2, 0) is 13.0 Å². The molecule has 0 saturated carbocycles. The van der Waals surface area contributed by atoms with Gasteiger partial charge in [-0.05, 0) is 30.3 Å². The predicted molar refractivity (Wildman–Crippen MR) is 109 cm³/mol. The fraction of sp³-hybridized carbons (Fsp3) is 0.227. The van der Waals surface area contributed by atoms with Crippen molar-refractivity contribution in [3.63, 3.8) is 0 Å². The fourth-order valence-electron chi connectivity index (χ4n) is 3.75. The van der Waals surface area contributed by atoms with E-state index >= 15 is 0 Å². The molecule has 2 aliphatic rings. The second-order valence-corrected chi connectivity index (χ2v) is 7.59. The first-order valence-corrected chi connectivity index (χ1v) is 9.83. The summed E-state index contributed by atoms with van der Waals surface area (Å²) < 4.78 is 19.4. The lowest BCUT2D eigenvalue weighted by Crippen LogP contribution is -2.34. The number of halogens is 2. The molecule has 0 N–H and O–H groups in total. The van der Waals surface area contributed by atoms with Crippen LogP contribution in [0.25, 0.3) is 16.4 Å². The number of hydrogen-bond acceptors (Lipinski definition) is 5. The highest BCUT2D eigenvalue weighted by atomic mass is 35.5. The average Bonchev–Trinajstić information content (AvgIpc) is 2.76. The Hall–Kier alpha value is -2.83. The molecule has 0 bridgehead atoms. The van der Waals surface area contributed by atoms with E-state index < -0.39 is 0 Å². The molecule has 2 aliphatic heterocycles. The van der Waals surface area contributed by atoms with Crippen molar-refractivity contribution in [1.82, 2.24) is 19.9 Å². The van der Waals surface area contributed by atoms with E-state index in [2.05, 4.69) is 14.9 Å². The van der Waals surface area contributed by atoms with Crippen LogP contribution in [0.1, 0.15) is 16.8 Å². The summed E-state index contributed by atoms with van der Waals surface area (Å²) in [5.74, 6) is 1.01. The maximum absolute atomic E-state index is 13.6. The van der Waals surface area contributed by atoms with Crippen LogP contribution in [0.4, 0.5) is 4.39 Å². The summed E-state index contributed by atoms with van der Waals surface area (Å²) in [5.41, 5.74) is 4.68. The molecule has 146 valence electrons. The molecular weight excluding hydrogens is 391 g/mol. The van der Waals surface area contributed by atoms with Crippen LogP contribution in [0.5, 0.6) is 5.75 Å². The lowest BCUT2D eigenvalue weighted by Gasteiger charge is -2.30. The van der Waals surface area contributed by atoms with Gasteiger partial charge in [-0.15, -0.1) is 0 Å². The second-order valence-electron chi connectivity index (χ2n) is 7.21. The first-order chi connectivity index (χ1) is 14.2. The van der Waals surface area contributed by atoms with Gasteiger partial charge in [0, 0.05) is 66.9 Å². The number of rotatable bonds is 3. The third-order valence-electron chi connectivity index (χ3n) is 5.24. The van der Waals surface area contributed by atoms with Crippen molar-refractivity contribution in [2.75, 3.05) is 19.7 Å². The Morgan fingerprint density at radius 1 is 1.21 bits per heavy atom. The summed E-state index contributed by atoms with van der Waals surface area (Å²) in [6, 6.07) is 8.28. The monoisotopic (exact) mass is 408 g/mol.